The molecule has 0 aliphatic heterocycles. The normalized spacial score (nSPS) is 11.6. The van der Waals surface area contributed by atoms with Crippen LogP contribution in [0.4, 0.5) is 5.69 Å². The van der Waals surface area contributed by atoms with E-state index in [2.05, 4.69) is 40.9 Å². The Balaban J connectivity index is 1.60. The number of benzene rings is 2. The first-order valence-corrected chi connectivity index (χ1v) is 9.50. The van der Waals surface area contributed by atoms with Crippen LogP contribution in [0.15, 0.2) is 56.5 Å². The predicted molar refractivity (Wildman–Crippen MR) is 94.4 cm³/mol. The number of fused-ring (bicyclic) bond motifs is 1. The second kappa shape index (κ2) is 7.30. The first-order chi connectivity index (χ1) is 12.0. The Morgan fingerprint density at radius 3 is 2.64 bits per heavy atom. The first kappa shape index (κ1) is 17.5. The molecule has 1 aromatic heterocycles. The lowest BCUT2D eigenvalue weighted by Gasteiger charge is -2.08. The van der Waals surface area contributed by atoms with Gasteiger partial charge in [0.05, 0.1) is 0 Å². The average Bonchev–Trinajstić information content (AvgIpc) is 3.05. The molecule has 3 aromatic rings. The summed E-state index contributed by atoms with van der Waals surface area (Å²) in [6.07, 6.45) is -0.0116. The Kier molecular flexibility index (Phi) is 5.11. The highest BCUT2D eigenvalue weighted by Gasteiger charge is 2.20. The second-order valence-corrected chi connectivity index (χ2v) is 7.74. The van der Waals surface area contributed by atoms with Crippen molar-refractivity contribution in [1.29, 1.82) is 0 Å². The zero-order valence-electron chi connectivity index (χ0n) is 12.8. The number of nitrogens with one attached hydrogen (secondary N) is 2. The van der Waals surface area contributed by atoms with Crippen LogP contribution < -0.4 is 10.0 Å². The van der Waals surface area contributed by atoms with Gasteiger partial charge in [0.15, 0.2) is 5.52 Å². The van der Waals surface area contributed by atoms with Gasteiger partial charge in [-0.15, -0.1) is 0 Å². The maximum absolute atomic E-state index is 12.4. The Labute approximate surface area is 151 Å². The van der Waals surface area contributed by atoms with Gasteiger partial charge in [0.25, 0.3) is 0 Å². The van der Waals surface area contributed by atoms with Gasteiger partial charge in [0.1, 0.15) is 10.4 Å². The molecule has 0 bridgehead atoms. The summed E-state index contributed by atoms with van der Waals surface area (Å²) in [4.78, 5) is 11.9. The summed E-state index contributed by atoms with van der Waals surface area (Å²) < 4.78 is 32.6. The Hall–Kier alpha value is -2.30. The fourth-order valence-electron chi connectivity index (χ4n) is 2.13. The first-order valence-electron chi connectivity index (χ1n) is 7.22. The van der Waals surface area contributed by atoms with Crippen LogP contribution >= 0.6 is 15.9 Å². The van der Waals surface area contributed by atoms with Gasteiger partial charge in [-0.05, 0) is 46.7 Å². The van der Waals surface area contributed by atoms with Gasteiger partial charge in [-0.3, -0.25) is 4.79 Å². The molecule has 0 aliphatic rings. The minimum atomic E-state index is -3.83. The number of anilines is 1. The molecule has 25 heavy (non-hydrogen) atoms. The van der Waals surface area contributed by atoms with Crippen LogP contribution in [-0.2, 0) is 14.8 Å². The van der Waals surface area contributed by atoms with Gasteiger partial charge in [0, 0.05) is 23.1 Å². The molecular weight excluding hydrogens is 412 g/mol. The van der Waals surface area contributed by atoms with Crippen LogP contribution in [0.5, 0.6) is 0 Å². The van der Waals surface area contributed by atoms with Crippen LogP contribution in [0.25, 0.3) is 11.0 Å². The third-order valence-corrected chi connectivity index (χ3v) is 5.33. The molecule has 130 valence electrons. The molecule has 10 heteroatoms. The smallest absolute Gasteiger partial charge is 0.242 e. The summed E-state index contributed by atoms with van der Waals surface area (Å²) in [5.41, 5.74) is 1.12. The molecule has 2 N–H and O–H groups in total. The van der Waals surface area contributed by atoms with E-state index >= 15 is 0 Å². The number of sulfonamides is 1. The van der Waals surface area contributed by atoms with E-state index in [1.165, 1.54) is 6.07 Å². The van der Waals surface area contributed by atoms with Crippen LogP contribution in [-0.4, -0.2) is 31.2 Å². The van der Waals surface area contributed by atoms with E-state index in [-0.39, 0.29) is 29.3 Å². The fourth-order valence-corrected chi connectivity index (χ4v) is 3.58. The Morgan fingerprint density at radius 2 is 1.88 bits per heavy atom. The Bertz CT molecular complexity index is 1000. The van der Waals surface area contributed by atoms with Gasteiger partial charge >= 0.3 is 0 Å². The number of carbonyl (C=O) groups is 1. The molecule has 0 aliphatic carbocycles. The largest absolute Gasteiger partial charge is 0.326 e. The van der Waals surface area contributed by atoms with Crippen molar-refractivity contribution in [1.82, 2.24) is 15.0 Å². The van der Waals surface area contributed by atoms with Gasteiger partial charge in [-0.2, -0.15) is 0 Å². The third kappa shape index (κ3) is 4.21. The monoisotopic (exact) mass is 424 g/mol. The lowest BCUT2D eigenvalue weighted by Crippen LogP contribution is -2.28. The van der Waals surface area contributed by atoms with Crippen molar-refractivity contribution in [3.05, 3.63) is 46.9 Å². The average molecular weight is 425 g/mol. The fraction of sp³-hybridized carbons (Fsp3) is 0.133. The number of hydrogen-bond donors (Lipinski definition) is 2. The third-order valence-electron chi connectivity index (χ3n) is 3.31. The van der Waals surface area contributed by atoms with Crippen LogP contribution in [0.3, 0.4) is 0 Å². The number of halogens is 1. The quantitative estimate of drug-likeness (QED) is 0.627. The van der Waals surface area contributed by atoms with E-state index < -0.39 is 10.0 Å². The van der Waals surface area contributed by atoms with Crippen molar-refractivity contribution in [3.8, 4) is 0 Å². The molecule has 0 atom stereocenters. The van der Waals surface area contributed by atoms with Crippen molar-refractivity contribution in [3.63, 3.8) is 0 Å². The zero-order chi connectivity index (χ0) is 17.9. The Morgan fingerprint density at radius 1 is 1.12 bits per heavy atom. The summed E-state index contributed by atoms with van der Waals surface area (Å²) in [6, 6.07) is 11.6. The molecular formula is C15H13BrN4O4S. The predicted octanol–water partition coefficient (Wildman–Crippen LogP) is 2.29. The summed E-state index contributed by atoms with van der Waals surface area (Å²) in [7, 11) is -3.83. The molecule has 0 saturated heterocycles. The molecule has 2 aromatic carbocycles. The van der Waals surface area contributed by atoms with Crippen molar-refractivity contribution >= 4 is 48.6 Å². The van der Waals surface area contributed by atoms with Crippen LogP contribution in [0.1, 0.15) is 6.42 Å². The van der Waals surface area contributed by atoms with Crippen molar-refractivity contribution in [2.45, 2.75) is 11.3 Å². The van der Waals surface area contributed by atoms with E-state index in [1.807, 2.05) is 0 Å². The molecule has 3 rings (SSSR count). The lowest BCUT2D eigenvalue weighted by atomic mass is 10.3. The number of nitrogens with zero attached hydrogens (tertiary/aromatic N) is 2. The van der Waals surface area contributed by atoms with Crippen LogP contribution in [0.2, 0.25) is 0 Å². The van der Waals surface area contributed by atoms with E-state index in [0.717, 1.165) is 4.47 Å². The van der Waals surface area contributed by atoms with E-state index in [9.17, 15) is 13.2 Å². The highest BCUT2D eigenvalue weighted by atomic mass is 79.9. The highest BCUT2D eigenvalue weighted by molar-refractivity contribution is 9.10. The number of rotatable bonds is 6. The van der Waals surface area contributed by atoms with Crippen molar-refractivity contribution in [2.75, 3.05) is 11.9 Å². The van der Waals surface area contributed by atoms with Crippen LogP contribution in [0, 0.1) is 0 Å². The summed E-state index contributed by atoms with van der Waals surface area (Å²) in [5.74, 6) is -0.300. The molecule has 0 saturated carbocycles. The topological polar surface area (TPSA) is 114 Å². The van der Waals surface area contributed by atoms with Gasteiger partial charge < -0.3 is 5.32 Å². The number of aromatic nitrogens is 2. The minimum absolute atomic E-state index is 0.0116. The zero-order valence-corrected chi connectivity index (χ0v) is 15.2. The lowest BCUT2D eigenvalue weighted by molar-refractivity contribution is -0.116. The highest BCUT2D eigenvalue weighted by Crippen LogP contribution is 2.19. The van der Waals surface area contributed by atoms with Gasteiger partial charge in [-0.25, -0.2) is 17.8 Å². The molecule has 8 nitrogen and oxygen atoms in total. The number of carbonyl (C=O) groups excluding carboxylic acids is 1. The molecule has 0 fully saturated rings. The standard InChI is InChI=1S/C15H13BrN4O4S/c16-10-4-6-11(7-5-10)18-14(21)8-9-17-25(22,23)13-3-1-2-12-15(13)20-24-19-12/h1-7,17H,8-9H2,(H,18,21). The van der Waals surface area contributed by atoms with Crippen molar-refractivity contribution in [2.24, 2.45) is 0 Å². The number of amides is 1. The minimum Gasteiger partial charge on any atom is -0.326 e. The molecule has 0 unspecified atom stereocenters. The van der Waals surface area contributed by atoms with Gasteiger partial charge in [0.2, 0.25) is 15.9 Å². The molecule has 1 amide bonds. The van der Waals surface area contributed by atoms with E-state index in [4.69, 9.17) is 0 Å². The number of hydrogen-bond acceptors (Lipinski definition) is 6. The van der Waals surface area contributed by atoms with Gasteiger partial charge in [-0.1, -0.05) is 22.0 Å². The second-order valence-electron chi connectivity index (χ2n) is 5.09. The molecule has 0 spiro atoms. The maximum atomic E-state index is 12.4. The summed E-state index contributed by atoms with van der Waals surface area (Å²) in [5, 5.41) is 9.90. The summed E-state index contributed by atoms with van der Waals surface area (Å²) in [6.45, 7) is -0.0492. The van der Waals surface area contributed by atoms with E-state index in [0.29, 0.717) is 11.2 Å². The molecule has 0 radical (unpaired) electrons. The van der Waals surface area contributed by atoms with Crippen molar-refractivity contribution < 1.29 is 17.8 Å². The van der Waals surface area contributed by atoms with E-state index in [1.54, 1.807) is 36.4 Å². The maximum Gasteiger partial charge on any atom is 0.242 e. The SMILES string of the molecule is O=C(CCNS(=O)(=O)c1cccc2nonc12)Nc1ccc(Br)cc1. The summed E-state index contributed by atoms with van der Waals surface area (Å²) >= 11 is 3.31. The molecule has 1 heterocycles.